The van der Waals surface area contributed by atoms with Gasteiger partial charge in [0.05, 0.1) is 11.9 Å². The molecule has 2 aromatic rings. The van der Waals surface area contributed by atoms with Crippen molar-refractivity contribution >= 4 is 21.6 Å². The summed E-state index contributed by atoms with van der Waals surface area (Å²) in [6.07, 6.45) is 1.10. The number of carbonyl (C=O) groups is 1. The minimum absolute atomic E-state index is 0.255. The van der Waals surface area contributed by atoms with Gasteiger partial charge in [-0.2, -0.15) is 0 Å². The van der Waals surface area contributed by atoms with E-state index in [1.165, 1.54) is 19.2 Å². The smallest absolute Gasteiger partial charge is 0.251 e. The first-order chi connectivity index (χ1) is 11.2. The highest BCUT2D eigenvalue weighted by atomic mass is 32.2. The summed E-state index contributed by atoms with van der Waals surface area (Å²) in [7, 11) is -1.97. The Balaban J connectivity index is 2.19. The van der Waals surface area contributed by atoms with E-state index in [1.807, 2.05) is 0 Å². The van der Waals surface area contributed by atoms with E-state index < -0.39 is 10.0 Å². The number of sulfonamides is 1. The van der Waals surface area contributed by atoms with Crippen LogP contribution in [0, 0.1) is 12.7 Å². The lowest BCUT2D eigenvalue weighted by molar-refractivity contribution is 0.0950. The molecule has 0 aliphatic rings. The SMILES string of the molecule is Cc1c(C(=O)NCc2ccc(F)cc2)cccc1N(C)S(C)(=O)=O. The van der Waals surface area contributed by atoms with Crippen molar-refractivity contribution in [3.63, 3.8) is 0 Å². The third-order valence-electron chi connectivity index (χ3n) is 3.75. The second-order valence-electron chi connectivity index (χ2n) is 5.49. The number of halogens is 1. The molecule has 0 unspecified atom stereocenters. The monoisotopic (exact) mass is 350 g/mol. The molecule has 0 saturated heterocycles. The fourth-order valence-corrected chi connectivity index (χ4v) is 2.82. The zero-order valence-electron chi connectivity index (χ0n) is 13.7. The molecule has 2 aromatic carbocycles. The van der Waals surface area contributed by atoms with Gasteiger partial charge >= 0.3 is 0 Å². The lowest BCUT2D eigenvalue weighted by atomic mass is 10.1. The summed E-state index contributed by atoms with van der Waals surface area (Å²) in [6, 6.07) is 10.8. The largest absolute Gasteiger partial charge is 0.348 e. The van der Waals surface area contributed by atoms with Crippen LogP contribution in [-0.4, -0.2) is 27.6 Å². The molecular weight excluding hydrogens is 331 g/mol. The van der Waals surface area contributed by atoms with Crippen molar-refractivity contribution in [1.82, 2.24) is 5.32 Å². The van der Waals surface area contributed by atoms with Crippen LogP contribution < -0.4 is 9.62 Å². The Hall–Kier alpha value is -2.41. The van der Waals surface area contributed by atoms with Crippen LogP contribution >= 0.6 is 0 Å². The maximum absolute atomic E-state index is 12.9. The molecule has 0 aliphatic carbocycles. The second-order valence-corrected chi connectivity index (χ2v) is 7.50. The quantitative estimate of drug-likeness (QED) is 0.901. The Morgan fingerprint density at radius 2 is 1.79 bits per heavy atom. The van der Waals surface area contributed by atoms with Crippen LogP contribution in [0.15, 0.2) is 42.5 Å². The predicted molar refractivity (Wildman–Crippen MR) is 92.0 cm³/mol. The van der Waals surface area contributed by atoms with Crippen LogP contribution in [0.5, 0.6) is 0 Å². The fraction of sp³-hybridized carbons (Fsp3) is 0.235. The van der Waals surface area contributed by atoms with Crippen LogP contribution in [0.4, 0.5) is 10.1 Å². The molecule has 2 rings (SSSR count). The summed E-state index contributed by atoms with van der Waals surface area (Å²) >= 11 is 0. The molecule has 128 valence electrons. The van der Waals surface area contributed by atoms with Gasteiger partial charge in [-0.15, -0.1) is 0 Å². The molecule has 7 heteroatoms. The van der Waals surface area contributed by atoms with Gasteiger partial charge in [-0.3, -0.25) is 9.10 Å². The Morgan fingerprint density at radius 1 is 1.17 bits per heavy atom. The van der Waals surface area contributed by atoms with Crippen LogP contribution in [0.1, 0.15) is 21.5 Å². The van der Waals surface area contributed by atoms with Gasteiger partial charge in [0.25, 0.3) is 5.91 Å². The van der Waals surface area contributed by atoms with Gasteiger partial charge in [0.15, 0.2) is 0 Å². The summed E-state index contributed by atoms with van der Waals surface area (Å²) < 4.78 is 37.4. The first-order valence-corrected chi connectivity index (χ1v) is 9.11. The van der Waals surface area contributed by atoms with E-state index >= 15 is 0 Å². The molecule has 0 spiro atoms. The molecule has 24 heavy (non-hydrogen) atoms. The van der Waals surface area contributed by atoms with Crippen LogP contribution in [0.3, 0.4) is 0 Å². The number of anilines is 1. The Kier molecular flexibility index (Phi) is 5.23. The van der Waals surface area contributed by atoms with Crippen molar-refractivity contribution in [1.29, 1.82) is 0 Å². The van der Waals surface area contributed by atoms with Crippen LogP contribution in [-0.2, 0) is 16.6 Å². The second kappa shape index (κ2) is 7.00. The Morgan fingerprint density at radius 3 is 2.38 bits per heavy atom. The van der Waals surface area contributed by atoms with E-state index in [0.717, 1.165) is 16.1 Å². The molecule has 0 heterocycles. The average Bonchev–Trinajstić information content (AvgIpc) is 2.53. The number of nitrogens with one attached hydrogen (secondary N) is 1. The molecular formula is C17H19FN2O3S. The standard InChI is InChI=1S/C17H19FN2O3S/c1-12-15(5-4-6-16(12)20(2)24(3,22)23)17(21)19-11-13-7-9-14(18)10-8-13/h4-10H,11H2,1-3H3,(H,19,21). The first kappa shape index (κ1) is 17.9. The summed E-state index contributed by atoms with van der Waals surface area (Å²) in [5, 5.41) is 2.75. The van der Waals surface area contributed by atoms with Crippen LogP contribution in [0.2, 0.25) is 0 Å². The highest BCUT2D eigenvalue weighted by molar-refractivity contribution is 7.92. The lowest BCUT2D eigenvalue weighted by Gasteiger charge is -2.20. The molecule has 1 N–H and O–H groups in total. The van der Waals surface area contributed by atoms with Gasteiger partial charge in [-0.25, -0.2) is 12.8 Å². The van der Waals surface area contributed by atoms with E-state index in [2.05, 4.69) is 5.32 Å². The summed E-state index contributed by atoms with van der Waals surface area (Å²) in [5.41, 5.74) is 2.19. The highest BCUT2D eigenvalue weighted by Gasteiger charge is 2.18. The third-order valence-corrected chi connectivity index (χ3v) is 4.94. The fourth-order valence-electron chi connectivity index (χ4n) is 2.27. The van der Waals surface area contributed by atoms with Crippen LogP contribution in [0.25, 0.3) is 0 Å². The summed E-state index contributed by atoms with van der Waals surface area (Å²) in [5.74, 6) is -0.655. The molecule has 0 radical (unpaired) electrons. The van der Waals surface area contributed by atoms with E-state index in [4.69, 9.17) is 0 Å². The Labute approximate surface area is 141 Å². The number of rotatable bonds is 5. The van der Waals surface area contributed by atoms with Crippen molar-refractivity contribution in [2.24, 2.45) is 0 Å². The first-order valence-electron chi connectivity index (χ1n) is 7.26. The number of nitrogens with zero attached hydrogens (tertiary/aromatic N) is 1. The molecule has 0 aromatic heterocycles. The van der Waals surface area contributed by atoms with Gasteiger partial charge in [0.2, 0.25) is 10.0 Å². The average molecular weight is 350 g/mol. The molecule has 1 amide bonds. The number of amides is 1. The van der Waals surface area contributed by atoms with Gasteiger partial charge in [0, 0.05) is 19.2 Å². The third kappa shape index (κ3) is 4.11. The molecule has 0 atom stereocenters. The number of hydrogen-bond donors (Lipinski definition) is 1. The molecule has 0 saturated carbocycles. The van der Waals surface area contributed by atoms with E-state index in [9.17, 15) is 17.6 Å². The zero-order valence-corrected chi connectivity index (χ0v) is 14.5. The van der Waals surface area contributed by atoms with Crippen molar-refractivity contribution < 1.29 is 17.6 Å². The minimum atomic E-state index is -3.41. The van der Waals surface area contributed by atoms with Crippen molar-refractivity contribution in [2.45, 2.75) is 13.5 Å². The maximum atomic E-state index is 12.9. The lowest BCUT2D eigenvalue weighted by Crippen LogP contribution is -2.28. The number of benzene rings is 2. The number of hydrogen-bond acceptors (Lipinski definition) is 3. The predicted octanol–water partition coefficient (Wildman–Crippen LogP) is 2.46. The zero-order chi connectivity index (χ0) is 17.9. The molecule has 5 nitrogen and oxygen atoms in total. The minimum Gasteiger partial charge on any atom is -0.348 e. The molecule has 0 fully saturated rings. The summed E-state index contributed by atoms with van der Waals surface area (Å²) in [4.78, 5) is 12.4. The summed E-state index contributed by atoms with van der Waals surface area (Å²) in [6.45, 7) is 1.95. The van der Waals surface area contributed by atoms with Crippen molar-refractivity contribution in [3.8, 4) is 0 Å². The normalized spacial score (nSPS) is 11.2. The maximum Gasteiger partial charge on any atom is 0.251 e. The van der Waals surface area contributed by atoms with E-state index in [0.29, 0.717) is 16.8 Å². The van der Waals surface area contributed by atoms with Crippen molar-refractivity contribution in [2.75, 3.05) is 17.6 Å². The van der Waals surface area contributed by atoms with Gasteiger partial charge in [0.1, 0.15) is 5.82 Å². The van der Waals surface area contributed by atoms with E-state index in [-0.39, 0.29) is 18.3 Å². The van der Waals surface area contributed by atoms with Crippen molar-refractivity contribution in [3.05, 3.63) is 65.0 Å². The molecule has 0 aliphatic heterocycles. The van der Waals surface area contributed by atoms with Gasteiger partial charge in [-0.05, 0) is 42.3 Å². The van der Waals surface area contributed by atoms with Gasteiger partial charge < -0.3 is 5.32 Å². The number of carbonyl (C=O) groups excluding carboxylic acids is 1. The van der Waals surface area contributed by atoms with Gasteiger partial charge in [-0.1, -0.05) is 18.2 Å². The molecule has 0 bridgehead atoms. The highest BCUT2D eigenvalue weighted by Crippen LogP contribution is 2.24. The van der Waals surface area contributed by atoms with E-state index in [1.54, 1.807) is 37.3 Å². The topological polar surface area (TPSA) is 66.5 Å². The Bertz CT molecular complexity index is 849.